The van der Waals surface area contributed by atoms with Crippen LogP contribution in [0.4, 0.5) is 0 Å². The molecule has 0 N–H and O–H groups in total. The number of rotatable bonds is 9. The molecular formula is C23H25Cl2NO5S. The zero-order valence-corrected chi connectivity index (χ0v) is 19.8. The van der Waals surface area contributed by atoms with Crippen LogP contribution in [0.3, 0.4) is 0 Å². The second kappa shape index (κ2) is 11.2. The normalized spacial score (nSPS) is 17.1. The van der Waals surface area contributed by atoms with Gasteiger partial charge in [0, 0.05) is 28.2 Å². The smallest absolute Gasteiger partial charge is 0.338 e. The lowest BCUT2D eigenvalue weighted by Gasteiger charge is -2.28. The van der Waals surface area contributed by atoms with Crippen LogP contribution in [-0.4, -0.2) is 55.9 Å². The van der Waals surface area contributed by atoms with Crippen molar-refractivity contribution in [1.29, 1.82) is 0 Å². The molecule has 1 unspecified atom stereocenters. The third-order valence-electron chi connectivity index (χ3n) is 5.36. The summed E-state index contributed by atoms with van der Waals surface area (Å²) in [4.78, 5) is 26.7. The minimum absolute atomic E-state index is 0.00889. The number of benzene rings is 2. The van der Waals surface area contributed by atoms with E-state index in [1.54, 1.807) is 53.4 Å². The van der Waals surface area contributed by atoms with Gasteiger partial charge in [-0.1, -0.05) is 23.2 Å². The van der Waals surface area contributed by atoms with Gasteiger partial charge < -0.3 is 9.64 Å². The number of hydrogen-bond donors (Lipinski definition) is 0. The number of ether oxygens (including phenoxy) is 1. The summed E-state index contributed by atoms with van der Waals surface area (Å²) in [6.45, 7) is 0.706. The zero-order chi connectivity index (χ0) is 23.1. The van der Waals surface area contributed by atoms with E-state index in [-0.39, 0.29) is 30.1 Å². The van der Waals surface area contributed by atoms with E-state index in [2.05, 4.69) is 0 Å². The van der Waals surface area contributed by atoms with Crippen LogP contribution in [0, 0.1) is 0 Å². The lowest BCUT2D eigenvalue weighted by molar-refractivity contribution is 0.0497. The van der Waals surface area contributed by atoms with Crippen molar-refractivity contribution in [2.75, 3.05) is 24.7 Å². The van der Waals surface area contributed by atoms with Crippen molar-refractivity contribution in [3.8, 4) is 0 Å². The highest BCUT2D eigenvalue weighted by Crippen LogP contribution is 2.22. The van der Waals surface area contributed by atoms with Gasteiger partial charge in [0.15, 0.2) is 9.84 Å². The molecule has 0 bridgehead atoms. The molecule has 1 saturated heterocycles. The molecule has 2 aromatic rings. The Morgan fingerprint density at radius 1 is 0.906 bits per heavy atom. The van der Waals surface area contributed by atoms with Gasteiger partial charge in [0.05, 0.1) is 23.7 Å². The lowest BCUT2D eigenvalue weighted by Crippen LogP contribution is -2.41. The maximum absolute atomic E-state index is 13.1. The molecule has 2 aromatic carbocycles. The van der Waals surface area contributed by atoms with Crippen LogP contribution in [0.1, 0.15) is 46.4 Å². The molecular weight excluding hydrogens is 473 g/mol. The Morgan fingerprint density at radius 2 is 1.50 bits per heavy atom. The van der Waals surface area contributed by atoms with Crippen molar-refractivity contribution in [2.45, 2.75) is 31.7 Å². The van der Waals surface area contributed by atoms with Gasteiger partial charge in [0.2, 0.25) is 0 Å². The first-order chi connectivity index (χ1) is 15.2. The SMILES string of the molecule is O=C(OCCCCCN(C(=O)c1ccc(Cl)cc1)C1CCS(=O)(=O)C1)c1ccc(Cl)cc1. The fourth-order valence-corrected chi connectivity index (χ4v) is 5.61. The second-order valence-electron chi connectivity index (χ2n) is 7.77. The zero-order valence-electron chi connectivity index (χ0n) is 17.5. The van der Waals surface area contributed by atoms with Crippen molar-refractivity contribution in [3.05, 3.63) is 69.7 Å². The van der Waals surface area contributed by atoms with E-state index in [4.69, 9.17) is 27.9 Å². The van der Waals surface area contributed by atoms with Crippen LogP contribution >= 0.6 is 23.2 Å². The molecule has 0 spiro atoms. The molecule has 9 heteroatoms. The van der Waals surface area contributed by atoms with E-state index in [1.165, 1.54) is 0 Å². The summed E-state index contributed by atoms with van der Waals surface area (Å²) in [5.41, 5.74) is 0.923. The number of halogens is 2. The molecule has 3 rings (SSSR count). The van der Waals surface area contributed by atoms with Crippen LogP contribution in [0.2, 0.25) is 10.0 Å². The number of hydrogen-bond acceptors (Lipinski definition) is 5. The maximum atomic E-state index is 13.1. The predicted molar refractivity (Wildman–Crippen MR) is 125 cm³/mol. The molecule has 0 aromatic heterocycles. The molecule has 6 nitrogen and oxygen atoms in total. The van der Waals surface area contributed by atoms with Gasteiger partial charge in [-0.25, -0.2) is 13.2 Å². The molecule has 0 aliphatic carbocycles. The van der Waals surface area contributed by atoms with Crippen molar-refractivity contribution in [2.24, 2.45) is 0 Å². The third-order valence-corrected chi connectivity index (χ3v) is 7.61. The molecule has 1 atom stereocenters. The number of unbranched alkanes of at least 4 members (excludes halogenated alkanes) is 2. The van der Waals surface area contributed by atoms with Crippen LogP contribution < -0.4 is 0 Å². The standard InChI is InChI=1S/C23H25Cl2NO5S/c24-19-8-4-17(5-9-19)22(27)26(21-12-15-32(29,30)16-21)13-2-1-3-14-31-23(28)18-6-10-20(25)11-7-18/h4-11,21H,1-3,12-16H2. The van der Waals surface area contributed by atoms with Crippen LogP contribution in [0.5, 0.6) is 0 Å². The molecule has 172 valence electrons. The highest BCUT2D eigenvalue weighted by atomic mass is 35.5. The largest absolute Gasteiger partial charge is 0.462 e. The van der Waals surface area contributed by atoms with E-state index in [1.807, 2.05) is 0 Å². The number of esters is 1. The highest BCUT2D eigenvalue weighted by Gasteiger charge is 2.34. The van der Waals surface area contributed by atoms with Crippen LogP contribution in [0.15, 0.2) is 48.5 Å². The van der Waals surface area contributed by atoms with Crippen molar-refractivity contribution in [3.63, 3.8) is 0 Å². The monoisotopic (exact) mass is 497 g/mol. The predicted octanol–water partition coefficient (Wildman–Crippen LogP) is 4.65. The van der Waals surface area contributed by atoms with E-state index in [9.17, 15) is 18.0 Å². The highest BCUT2D eigenvalue weighted by molar-refractivity contribution is 7.91. The third kappa shape index (κ3) is 6.95. The number of sulfone groups is 1. The van der Waals surface area contributed by atoms with Gasteiger partial charge in [-0.3, -0.25) is 4.79 Å². The van der Waals surface area contributed by atoms with Gasteiger partial charge in [-0.2, -0.15) is 0 Å². The Morgan fingerprint density at radius 3 is 2.06 bits per heavy atom. The topological polar surface area (TPSA) is 80.8 Å². The summed E-state index contributed by atoms with van der Waals surface area (Å²) >= 11 is 11.7. The Kier molecular flexibility index (Phi) is 8.57. The average Bonchev–Trinajstić information content (AvgIpc) is 3.13. The molecule has 0 radical (unpaired) electrons. The Labute approximate surface area is 198 Å². The maximum Gasteiger partial charge on any atom is 0.338 e. The van der Waals surface area contributed by atoms with E-state index >= 15 is 0 Å². The van der Waals surface area contributed by atoms with Crippen molar-refractivity contribution in [1.82, 2.24) is 4.90 Å². The van der Waals surface area contributed by atoms with Crippen molar-refractivity contribution >= 4 is 44.9 Å². The molecule has 1 fully saturated rings. The second-order valence-corrected chi connectivity index (χ2v) is 10.9. The summed E-state index contributed by atoms with van der Waals surface area (Å²) in [5.74, 6) is -0.511. The first-order valence-electron chi connectivity index (χ1n) is 10.4. The molecule has 1 amide bonds. The first kappa shape index (κ1) is 24.6. The van der Waals surface area contributed by atoms with E-state index in [0.717, 1.165) is 6.42 Å². The molecule has 1 aliphatic heterocycles. The van der Waals surface area contributed by atoms with Gasteiger partial charge in [-0.05, 0) is 74.2 Å². The summed E-state index contributed by atoms with van der Waals surface area (Å²) in [5, 5.41) is 1.08. The van der Waals surface area contributed by atoms with Gasteiger partial charge in [0.1, 0.15) is 0 Å². The Balaban J connectivity index is 1.50. The van der Waals surface area contributed by atoms with Gasteiger partial charge in [0.25, 0.3) is 5.91 Å². The minimum Gasteiger partial charge on any atom is -0.462 e. The van der Waals surface area contributed by atoms with Gasteiger partial charge in [-0.15, -0.1) is 0 Å². The summed E-state index contributed by atoms with van der Waals surface area (Å²) in [6.07, 6.45) is 2.50. The quantitative estimate of drug-likeness (QED) is 0.372. The van der Waals surface area contributed by atoms with Crippen LogP contribution in [0.25, 0.3) is 0 Å². The van der Waals surface area contributed by atoms with Gasteiger partial charge >= 0.3 is 5.97 Å². The molecule has 32 heavy (non-hydrogen) atoms. The summed E-state index contributed by atoms with van der Waals surface area (Å²) < 4.78 is 29.2. The van der Waals surface area contributed by atoms with E-state index < -0.39 is 15.8 Å². The molecule has 1 heterocycles. The number of carbonyl (C=O) groups excluding carboxylic acids is 2. The molecule has 1 aliphatic rings. The van der Waals surface area contributed by atoms with Crippen molar-refractivity contribution < 1.29 is 22.7 Å². The molecule has 0 saturated carbocycles. The number of nitrogens with zero attached hydrogens (tertiary/aromatic N) is 1. The first-order valence-corrected chi connectivity index (χ1v) is 13.0. The number of amides is 1. The average molecular weight is 498 g/mol. The van der Waals surface area contributed by atoms with Crippen LogP contribution in [-0.2, 0) is 14.6 Å². The van der Waals surface area contributed by atoms with E-state index in [0.29, 0.717) is 47.0 Å². The Bertz CT molecular complexity index is 1040. The summed E-state index contributed by atoms with van der Waals surface area (Å²) in [6, 6.07) is 12.8. The number of carbonyl (C=O) groups is 2. The fourth-order valence-electron chi connectivity index (χ4n) is 3.62. The minimum atomic E-state index is -3.12. The lowest BCUT2D eigenvalue weighted by atomic mass is 10.1. The summed E-state index contributed by atoms with van der Waals surface area (Å²) in [7, 11) is -3.12. The Hall–Kier alpha value is -2.09. The fraction of sp³-hybridized carbons (Fsp3) is 0.391.